The van der Waals surface area contributed by atoms with Gasteiger partial charge in [-0.3, -0.25) is 4.68 Å². The zero-order valence-corrected chi connectivity index (χ0v) is 13.3. The van der Waals surface area contributed by atoms with Crippen molar-refractivity contribution in [3.8, 4) is 0 Å². The van der Waals surface area contributed by atoms with Crippen molar-refractivity contribution in [2.45, 2.75) is 31.9 Å². The molecule has 1 N–H and O–H groups in total. The van der Waals surface area contributed by atoms with Crippen molar-refractivity contribution < 1.29 is 14.3 Å². The molecule has 0 radical (unpaired) electrons. The van der Waals surface area contributed by atoms with Gasteiger partial charge in [0, 0.05) is 39.6 Å². The molecule has 122 valence electrons. The molecule has 7 nitrogen and oxygen atoms in total. The molecule has 3 heterocycles. The van der Waals surface area contributed by atoms with Crippen molar-refractivity contribution in [1.82, 2.24) is 20.0 Å². The second-order valence-corrected chi connectivity index (χ2v) is 6.12. The molecule has 0 saturated carbocycles. The fourth-order valence-corrected chi connectivity index (χ4v) is 3.17. The Balaban J connectivity index is 1.56. The number of aromatic nitrogens is 2. The first-order valence-electron chi connectivity index (χ1n) is 7.82. The Morgan fingerprint density at radius 1 is 1.41 bits per heavy atom. The minimum absolute atomic E-state index is 0.0342. The van der Waals surface area contributed by atoms with Gasteiger partial charge in [-0.1, -0.05) is 0 Å². The molecule has 1 aromatic heterocycles. The van der Waals surface area contributed by atoms with E-state index in [1.54, 1.807) is 4.68 Å². The summed E-state index contributed by atoms with van der Waals surface area (Å²) >= 11 is 0. The smallest absolute Gasteiger partial charge is 0.317 e. The van der Waals surface area contributed by atoms with E-state index in [2.05, 4.69) is 10.4 Å². The summed E-state index contributed by atoms with van der Waals surface area (Å²) in [7, 11) is 1.89. The van der Waals surface area contributed by atoms with E-state index < -0.39 is 0 Å². The number of carbonyl (C=O) groups is 1. The van der Waals surface area contributed by atoms with Gasteiger partial charge in [-0.2, -0.15) is 5.10 Å². The van der Waals surface area contributed by atoms with Crippen LogP contribution in [0, 0.1) is 6.92 Å². The number of amides is 2. The molecule has 22 heavy (non-hydrogen) atoms. The number of nitrogens with one attached hydrogen (secondary N) is 1. The molecule has 2 saturated heterocycles. The Kier molecular flexibility index (Phi) is 4.35. The van der Waals surface area contributed by atoms with Crippen LogP contribution in [0.5, 0.6) is 0 Å². The van der Waals surface area contributed by atoms with Gasteiger partial charge in [0.15, 0.2) is 0 Å². The third-order valence-corrected chi connectivity index (χ3v) is 4.46. The summed E-state index contributed by atoms with van der Waals surface area (Å²) < 4.78 is 13.2. The molecule has 2 aliphatic heterocycles. The molecule has 2 aliphatic rings. The maximum Gasteiger partial charge on any atom is 0.317 e. The van der Waals surface area contributed by atoms with Crippen LogP contribution in [-0.2, 0) is 23.1 Å². The van der Waals surface area contributed by atoms with Crippen LogP contribution >= 0.6 is 0 Å². The molecule has 7 heteroatoms. The number of ether oxygens (including phenoxy) is 2. The van der Waals surface area contributed by atoms with E-state index in [0.29, 0.717) is 39.5 Å². The first-order chi connectivity index (χ1) is 10.6. The lowest BCUT2D eigenvalue weighted by atomic mass is 9.92. The van der Waals surface area contributed by atoms with Gasteiger partial charge < -0.3 is 19.7 Å². The topological polar surface area (TPSA) is 68.6 Å². The van der Waals surface area contributed by atoms with Crippen molar-refractivity contribution >= 4 is 6.03 Å². The molecule has 1 aromatic rings. The minimum Gasteiger partial charge on any atom is -0.381 e. The van der Waals surface area contributed by atoms with Gasteiger partial charge in [0.25, 0.3) is 0 Å². The number of morpholine rings is 1. The lowest BCUT2D eigenvalue weighted by molar-refractivity contribution is -0.145. The van der Waals surface area contributed by atoms with Crippen molar-refractivity contribution in [3.63, 3.8) is 0 Å². The molecule has 0 unspecified atom stereocenters. The average Bonchev–Trinajstić information content (AvgIpc) is 2.83. The van der Waals surface area contributed by atoms with E-state index in [-0.39, 0.29) is 11.6 Å². The van der Waals surface area contributed by atoms with Crippen molar-refractivity contribution in [2.75, 3.05) is 32.9 Å². The van der Waals surface area contributed by atoms with E-state index >= 15 is 0 Å². The van der Waals surface area contributed by atoms with Crippen LogP contribution in [0.15, 0.2) is 6.07 Å². The van der Waals surface area contributed by atoms with E-state index in [9.17, 15) is 4.79 Å². The van der Waals surface area contributed by atoms with Crippen LogP contribution in [0.25, 0.3) is 0 Å². The summed E-state index contributed by atoms with van der Waals surface area (Å²) in [6.45, 7) is 5.74. The Morgan fingerprint density at radius 2 is 2.18 bits per heavy atom. The second-order valence-electron chi connectivity index (χ2n) is 6.12. The molecule has 3 rings (SSSR count). The summed E-state index contributed by atoms with van der Waals surface area (Å²) in [6.07, 6.45) is 1.72. The molecule has 0 atom stereocenters. The van der Waals surface area contributed by atoms with E-state index in [1.807, 2.05) is 24.9 Å². The largest absolute Gasteiger partial charge is 0.381 e. The highest BCUT2D eigenvalue weighted by Gasteiger charge is 2.39. The van der Waals surface area contributed by atoms with Crippen LogP contribution < -0.4 is 5.32 Å². The number of nitrogens with zero attached hydrogens (tertiary/aromatic N) is 3. The SMILES string of the molecule is Cc1cc(CNC(=O)N2CCOC3(CCOCC3)C2)n(C)n1. The number of carbonyl (C=O) groups excluding carboxylic acids is 1. The molecular weight excluding hydrogens is 284 g/mol. The van der Waals surface area contributed by atoms with Crippen LogP contribution in [0.4, 0.5) is 4.79 Å². The highest BCUT2D eigenvalue weighted by molar-refractivity contribution is 5.74. The summed E-state index contributed by atoms with van der Waals surface area (Å²) in [6, 6.07) is 1.95. The van der Waals surface area contributed by atoms with Crippen LogP contribution in [0.3, 0.4) is 0 Å². The normalized spacial score (nSPS) is 21.1. The third-order valence-electron chi connectivity index (χ3n) is 4.46. The van der Waals surface area contributed by atoms with Gasteiger partial charge in [-0.05, 0) is 13.0 Å². The molecule has 1 spiro atoms. The zero-order valence-electron chi connectivity index (χ0n) is 13.3. The number of rotatable bonds is 2. The Labute approximate surface area is 130 Å². The number of hydrogen-bond acceptors (Lipinski definition) is 4. The van der Waals surface area contributed by atoms with Gasteiger partial charge >= 0.3 is 6.03 Å². The fourth-order valence-electron chi connectivity index (χ4n) is 3.17. The Morgan fingerprint density at radius 3 is 2.86 bits per heavy atom. The first-order valence-corrected chi connectivity index (χ1v) is 7.82. The number of urea groups is 1. The van der Waals surface area contributed by atoms with Gasteiger partial charge in [-0.25, -0.2) is 4.79 Å². The highest BCUT2D eigenvalue weighted by Crippen LogP contribution is 2.29. The minimum atomic E-state index is -0.211. The number of aryl methyl sites for hydroxylation is 2. The number of hydrogen-bond donors (Lipinski definition) is 1. The van der Waals surface area contributed by atoms with Crippen LogP contribution in [-0.4, -0.2) is 59.2 Å². The maximum absolute atomic E-state index is 12.4. The third kappa shape index (κ3) is 3.25. The fraction of sp³-hybridized carbons (Fsp3) is 0.733. The molecule has 0 aliphatic carbocycles. The first kappa shape index (κ1) is 15.3. The van der Waals surface area contributed by atoms with E-state index in [1.165, 1.54) is 0 Å². The zero-order chi connectivity index (χ0) is 15.6. The summed E-state index contributed by atoms with van der Waals surface area (Å²) in [5.74, 6) is 0. The maximum atomic E-state index is 12.4. The summed E-state index contributed by atoms with van der Waals surface area (Å²) in [4.78, 5) is 14.3. The van der Waals surface area contributed by atoms with E-state index in [4.69, 9.17) is 9.47 Å². The molecular formula is C15H24N4O3. The Hall–Kier alpha value is -1.60. The van der Waals surface area contributed by atoms with Crippen molar-refractivity contribution in [2.24, 2.45) is 7.05 Å². The van der Waals surface area contributed by atoms with E-state index in [0.717, 1.165) is 24.2 Å². The van der Waals surface area contributed by atoms with Crippen molar-refractivity contribution in [1.29, 1.82) is 0 Å². The lowest BCUT2D eigenvalue weighted by Crippen LogP contribution is -2.57. The van der Waals surface area contributed by atoms with Gasteiger partial charge in [-0.15, -0.1) is 0 Å². The average molecular weight is 308 g/mol. The standard InChI is InChI=1S/C15H24N4O3/c1-12-9-13(18(2)17-12)10-16-14(20)19-5-8-22-15(11-19)3-6-21-7-4-15/h9H,3-8,10-11H2,1-2H3,(H,16,20). The summed E-state index contributed by atoms with van der Waals surface area (Å²) in [5, 5.41) is 7.27. The van der Waals surface area contributed by atoms with Gasteiger partial charge in [0.1, 0.15) is 0 Å². The van der Waals surface area contributed by atoms with Gasteiger partial charge in [0.05, 0.1) is 36.7 Å². The second kappa shape index (κ2) is 6.26. The molecule has 2 fully saturated rings. The van der Waals surface area contributed by atoms with Crippen LogP contribution in [0.1, 0.15) is 24.2 Å². The molecule has 0 aromatic carbocycles. The highest BCUT2D eigenvalue weighted by atomic mass is 16.5. The molecule has 0 bridgehead atoms. The quantitative estimate of drug-likeness (QED) is 0.878. The monoisotopic (exact) mass is 308 g/mol. The van der Waals surface area contributed by atoms with Crippen LogP contribution in [0.2, 0.25) is 0 Å². The van der Waals surface area contributed by atoms with Gasteiger partial charge in [0.2, 0.25) is 0 Å². The Bertz CT molecular complexity index is 531. The summed E-state index contributed by atoms with van der Waals surface area (Å²) in [5.41, 5.74) is 1.75. The molecule has 2 amide bonds. The van der Waals surface area contributed by atoms with Crippen molar-refractivity contribution in [3.05, 3.63) is 17.5 Å². The predicted octanol–water partition coefficient (Wildman–Crippen LogP) is 0.820. The lowest BCUT2D eigenvalue weighted by Gasteiger charge is -2.44. The predicted molar refractivity (Wildman–Crippen MR) is 80.5 cm³/mol.